The number of nitrogens with zero attached hydrogens (tertiary/aromatic N) is 1. The summed E-state index contributed by atoms with van der Waals surface area (Å²) in [7, 11) is 0. The predicted molar refractivity (Wildman–Crippen MR) is 94.3 cm³/mol. The van der Waals surface area contributed by atoms with Crippen LogP contribution < -0.4 is 4.90 Å². The molecule has 3 fully saturated rings. The average molecular weight is 354 g/mol. The van der Waals surface area contributed by atoms with E-state index in [0.29, 0.717) is 10.7 Å². The van der Waals surface area contributed by atoms with Crippen molar-refractivity contribution in [1.29, 1.82) is 0 Å². The second kappa shape index (κ2) is 5.41. The van der Waals surface area contributed by atoms with Gasteiger partial charge in [-0.3, -0.25) is 9.59 Å². The van der Waals surface area contributed by atoms with Gasteiger partial charge in [-0.05, 0) is 48.2 Å². The lowest BCUT2D eigenvalue weighted by molar-refractivity contribution is -0.124. The van der Waals surface area contributed by atoms with Gasteiger partial charge in [0.25, 0.3) is 0 Å². The van der Waals surface area contributed by atoms with Crippen LogP contribution in [0.25, 0.3) is 11.1 Å². The van der Waals surface area contributed by atoms with E-state index in [0.717, 1.165) is 24.0 Å². The molecule has 5 rings (SSSR count). The number of hydrogen-bond acceptors (Lipinski definition) is 3. The van der Waals surface area contributed by atoms with Crippen molar-refractivity contribution in [3.8, 4) is 11.1 Å². The molecule has 0 aromatic heterocycles. The van der Waals surface area contributed by atoms with Crippen LogP contribution in [0.15, 0.2) is 48.5 Å². The Labute approximate surface area is 150 Å². The van der Waals surface area contributed by atoms with Crippen LogP contribution in [0, 0.1) is 11.8 Å². The summed E-state index contributed by atoms with van der Waals surface area (Å²) in [5, 5.41) is 0.692. The third-order valence-electron chi connectivity index (χ3n) is 5.59. The summed E-state index contributed by atoms with van der Waals surface area (Å²) >= 11 is 5.93. The van der Waals surface area contributed by atoms with Gasteiger partial charge in [0.15, 0.2) is 0 Å². The highest BCUT2D eigenvalue weighted by Crippen LogP contribution is 2.49. The van der Waals surface area contributed by atoms with Gasteiger partial charge in [0.05, 0.1) is 29.7 Å². The quantitative estimate of drug-likeness (QED) is 0.774. The molecule has 3 heterocycles. The fourth-order valence-corrected chi connectivity index (χ4v) is 4.54. The van der Waals surface area contributed by atoms with Crippen molar-refractivity contribution in [3.63, 3.8) is 0 Å². The zero-order valence-electron chi connectivity index (χ0n) is 13.4. The molecule has 3 aliphatic heterocycles. The number of anilines is 1. The minimum atomic E-state index is -0.290. The highest BCUT2D eigenvalue weighted by atomic mass is 35.5. The molecule has 25 heavy (non-hydrogen) atoms. The first-order valence-corrected chi connectivity index (χ1v) is 8.90. The summed E-state index contributed by atoms with van der Waals surface area (Å²) in [5.41, 5.74) is 2.70. The van der Waals surface area contributed by atoms with Crippen LogP contribution in [0.5, 0.6) is 0 Å². The van der Waals surface area contributed by atoms with Gasteiger partial charge in [-0.15, -0.1) is 0 Å². The van der Waals surface area contributed by atoms with Gasteiger partial charge in [-0.25, -0.2) is 4.90 Å². The van der Waals surface area contributed by atoms with Crippen molar-refractivity contribution in [2.24, 2.45) is 11.8 Å². The van der Waals surface area contributed by atoms with Crippen LogP contribution in [0.4, 0.5) is 5.69 Å². The highest BCUT2D eigenvalue weighted by molar-refractivity contribution is 6.30. The third-order valence-corrected chi connectivity index (χ3v) is 5.84. The first-order valence-electron chi connectivity index (χ1n) is 8.53. The SMILES string of the molecule is O=C1[C@@H]2[C@H](C(=O)N1c1ccc(-c3ccc(Cl)cc3)cc1)[C@H]1CC[C@@H]2O1. The molecule has 0 N–H and O–H groups in total. The first kappa shape index (κ1) is 15.1. The van der Waals surface area contributed by atoms with Crippen molar-refractivity contribution in [2.75, 3.05) is 4.90 Å². The number of rotatable bonds is 2. The monoisotopic (exact) mass is 353 g/mol. The van der Waals surface area contributed by atoms with Crippen molar-refractivity contribution in [1.82, 2.24) is 0 Å². The fourth-order valence-electron chi connectivity index (χ4n) is 4.41. The summed E-state index contributed by atoms with van der Waals surface area (Å²) in [6.07, 6.45) is 1.61. The smallest absolute Gasteiger partial charge is 0.240 e. The summed E-state index contributed by atoms with van der Waals surface area (Å²) in [5.74, 6) is -0.799. The summed E-state index contributed by atoms with van der Waals surface area (Å²) < 4.78 is 5.77. The fraction of sp³-hybridized carbons (Fsp3) is 0.300. The highest BCUT2D eigenvalue weighted by Gasteiger charge is 2.62. The lowest BCUT2D eigenvalue weighted by Gasteiger charge is -2.18. The Balaban J connectivity index is 1.45. The Morgan fingerprint density at radius 3 is 1.80 bits per heavy atom. The summed E-state index contributed by atoms with van der Waals surface area (Å²) in [6, 6.07) is 15.1. The van der Waals surface area contributed by atoms with Gasteiger partial charge in [-0.2, -0.15) is 0 Å². The van der Waals surface area contributed by atoms with Gasteiger partial charge in [0.1, 0.15) is 0 Å². The van der Waals surface area contributed by atoms with Crippen LogP contribution in [0.3, 0.4) is 0 Å². The number of imide groups is 1. The van der Waals surface area contributed by atoms with Crippen LogP contribution in [0.2, 0.25) is 5.02 Å². The topological polar surface area (TPSA) is 46.6 Å². The van der Waals surface area contributed by atoms with E-state index in [1.54, 1.807) is 0 Å². The molecule has 0 radical (unpaired) electrons. The molecule has 0 saturated carbocycles. The lowest BCUT2D eigenvalue weighted by atomic mass is 9.81. The van der Waals surface area contributed by atoms with E-state index in [-0.39, 0.29) is 35.9 Å². The van der Waals surface area contributed by atoms with E-state index < -0.39 is 0 Å². The Hall–Kier alpha value is -2.17. The number of carbonyl (C=O) groups is 2. The Morgan fingerprint density at radius 2 is 1.28 bits per heavy atom. The van der Waals surface area contributed by atoms with Gasteiger partial charge in [0.2, 0.25) is 11.8 Å². The number of carbonyl (C=O) groups excluding carboxylic acids is 2. The van der Waals surface area contributed by atoms with Crippen molar-refractivity contribution in [2.45, 2.75) is 25.0 Å². The maximum atomic E-state index is 12.8. The zero-order valence-corrected chi connectivity index (χ0v) is 14.1. The largest absolute Gasteiger partial charge is 0.373 e. The number of hydrogen-bond donors (Lipinski definition) is 0. The number of halogens is 1. The second-order valence-corrected chi connectivity index (χ2v) is 7.34. The van der Waals surface area contributed by atoms with E-state index in [1.165, 1.54) is 4.90 Å². The van der Waals surface area contributed by atoms with Crippen LogP contribution in [-0.2, 0) is 14.3 Å². The van der Waals surface area contributed by atoms with Gasteiger partial charge in [-0.1, -0.05) is 35.9 Å². The average Bonchev–Trinajstić information content (AvgIpc) is 3.30. The molecule has 3 aliphatic rings. The molecule has 4 atom stereocenters. The van der Waals surface area contributed by atoms with E-state index in [4.69, 9.17) is 16.3 Å². The molecule has 3 saturated heterocycles. The van der Waals surface area contributed by atoms with E-state index in [9.17, 15) is 9.59 Å². The summed E-state index contributed by atoms with van der Waals surface area (Å²) in [4.78, 5) is 26.9. The van der Waals surface area contributed by atoms with E-state index in [1.807, 2.05) is 48.5 Å². The predicted octanol–water partition coefficient (Wildman–Crippen LogP) is 3.67. The molecule has 4 nitrogen and oxygen atoms in total. The van der Waals surface area contributed by atoms with Gasteiger partial charge >= 0.3 is 0 Å². The minimum absolute atomic E-state index is 0.0789. The normalized spacial score (nSPS) is 30.2. The van der Waals surface area contributed by atoms with Gasteiger partial charge in [0, 0.05) is 5.02 Å². The second-order valence-electron chi connectivity index (χ2n) is 6.91. The Morgan fingerprint density at radius 1 is 0.800 bits per heavy atom. The molecule has 0 unspecified atom stereocenters. The van der Waals surface area contributed by atoms with E-state index >= 15 is 0 Å². The number of fused-ring (bicyclic) bond motifs is 5. The molecule has 5 heteroatoms. The molecule has 2 aromatic rings. The molecular weight excluding hydrogens is 338 g/mol. The van der Waals surface area contributed by atoms with Crippen LogP contribution in [0.1, 0.15) is 12.8 Å². The maximum absolute atomic E-state index is 12.8. The third kappa shape index (κ3) is 2.17. The zero-order chi connectivity index (χ0) is 17.1. The number of amides is 2. The van der Waals surface area contributed by atoms with Crippen LogP contribution in [-0.4, -0.2) is 24.0 Å². The van der Waals surface area contributed by atoms with Crippen molar-refractivity contribution < 1.29 is 14.3 Å². The molecule has 2 aromatic carbocycles. The van der Waals surface area contributed by atoms with Crippen LogP contribution >= 0.6 is 11.6 Å². The Kier molecular flexibility index (Phi) is 3.27. The molecule has 2 bridgehead atoms. The molecule has 2 amide bonds. The van der Waals surface area contributed by atoms with Gasteiger partial charge < -0.3 is 4.74 Å². The minimum Gasteiger partial charge on any atom is -0.373 e. The Bertz CT molecular complexity index is 834. The van der Waals surface area contributed by atoms with Crippen molar-refractivity contribution >= 4 is 29.1 Å². The molecule has 0 aliphatic carbocycles. The molecular formula is C20H16ClNO3. The first-order chi connectivity index (χ1) is 12.1. The molecule has 126 valence electrons. The lowest BCUT2D eigenvalue weighted by Crippen LogP contribution is -2.34. The summed E-state index contributed by atoms with van der Waals surface area (Å²) in [6.45, 7) is 0. The van der Waals surface area contributed by atoms with E-state index in [2.05, 4.69) is 0 Å². The molecule has 0 spiro atoms. The maximum Gasteiger partial charge on any atom is 0.240 e. The standard InChI is InChI=1S/C20H16ClNO3/c21-13-5-1-11(2-6-13)12-3-7-14(8-4-12)22-19(23)17-15-9-10-16(25-15)18(17)20(22)24/h1-8,15-18H,9-10H2/t15-,16+,17-,18+. The number of ether oxygens (including phenoxy) is 1. The van der Waals surface area contributed by atoms with Crippen molar-refractivity contribution in [3.05, 3.63) is 53.6 Å². The number of benzene rings is 2.